The first-order valence-corrected chi connectivity index (χ1v) is 20.0. The highest BCUT2D eigenvalue weighted by molar-refractivity contribution is 5.87. The van der Waals surface area contributed by atoms with E-state index in [9.17, 15) is 0 Å². The molecule has 0 aromatic heterocycles. The summed E-state index contributed by atoms with van der Waals surface area (Å²) >= 11 is 0. The van der Waals surface area contributed by atoms with Crippen LogP contribution in [0, 0.1) is 27.7 Å². The summed E-state index contributed by atoms with van der Waals surface area (Å²) < 4.78 is 0. The predicted molar refractivity (Wildman–Crippen MR) is 243 cm³/mol. The highest BCUT2D eigenvalue weighted by Gasteiger charge is 2.36. The fraction of sp³-hybridized carbons (Fsp3) is 0.127. The first-order chi connectivity index (χ1) is 27.6. The van der Waals surface area contributed by atoms with Gasteiger partial charge in [-0.2, -0.15) is 0 Å². The molecule has 0 saturated heterocycles. The van der Waals surface area contributed by atoms with E-state index in [2.05, 4.69) is 233 Å². The van der Waals surface area contributed by atoms with Gasteiger partial charge in [-0.05, 0) is 157 Å². The average molecular weight is 737 g/mol. The van der Waals surface area contributed by atoms with Crippen molar-refractivity contribution in [1.82, 2.24) is 0 Å². The molecule has 2 heteroatoms. The van der Waals surface area contributed by atoms with Crippen molar-refractivity contribution >= 4 is 34.1 Å². The Morgan fingerprint density at radius 3 is 0.772 bits per heavy atom. The largest absolute Gasteiger partial charge is 0.311 e. The molecule has 9 rings (SSSR count). The number of aryl methyl sites for hydroxylation is 4. The molecule has 8 aromatic carbocycles. The second kappa shape index (κ2) is 14.5. The Bertz CT molecular complexity index is 2400. The molecule has 57 heavy (non-hydrogen) atoms. The van der Waals surface area contributed by atoms with Crippen molar-refractivity contribution in [3.63, 3.8) is 0 Å². The van der Waals surface area contributed by atoms with Crippen LogP contribution in [0.3, 0.4) is 0 Å². The molecule has 1 aliphatic rings. The van der Waals surface area contributed by atoms with Gasteiger partial charge in [0.1, 0.15) is 0 Å². The van der Waals surface area contributed by atoms with Gasteiger partial charge in [-0.25, -0.2) is 0 Å². The zero-order valence-electron chi connectivity index (χ0n) is 33.7. The number of fused-ring (bicyclic) bond motifs is 3. The lowest BCUT2D eigenvalue weighted by Gasteiger charge is -2.26. The molecule has 0 heterocycles. The summed E-state index contributed by atoms with van der Waals surface area (Å²) in [6, 6.07) is 67.2. The SMILES string of the molecule is Cc1ccc(N(c2ccc(C)cc2)c2ccc(-c3ccc4c(c3)C(C)(C)c3cc(-c5ccc(N(c6ccc(C)cc6)c6ccc(C)cc6)cc5)ccc3-4)cc2)cc1. The van der Waals surface area contributed by atoms with Gasteiger partial charge in [0, 0.05) is 39.5 Å². The van der Waals surface area contributed by atoms with Crippen LogP contribution in [0.5, 0.6) is 0 Å². The number of nitrogens with zero attached hydrogens (tertiary/aromatic N) is 2. The third-order valence-electron chi connectivity index (χ3n) is 11.8. The second-order valence-corrected chi connectivity index (χ2v) is 16.3. The van der Waals surface area contributed by atoms with Crippen molar-refractivity contribution in [3.05, 3.63) is 215 Å². The maximum atomic E-state index is 2.42. The number of hydrogen-bond donors (Lipinski definition) is 0. The molecule has 0 unspecified atom stereocenters. The van der Waals surface area contributed by atoms with Crippen LogP contribution < -0.4 is 9.80 Å². The first-order valence-electron chi connectivity index (χ1n) is 20.0. The van der Waals surface area contributed by atoms with Crippen molar-refractivity contribution in [2.75, 3.05) is 9.80 Å². The molecule has 0 radical (unpaired) electrons. The van der Waals surface area contributed by atoms with E-state index in [1.807, 2.05) is 0 Å². The Balaban J connectivity index is 1.000. The van der Waals surface area contributed by atoms with Crippen LogP contribution >= 0.6 is 0 Å². The summed E-state index contributed by atoms with van der Waals surface area (Å²) in [5.74, 6) is 0. The molecule has 0 aliphatic heterocycles. The summed E-state index contributed by atoms with van der Waals surface area (Å²) in [5, 5.41) is 0. The Morgan fingerprint density at radius 1 is 0.281 bits per heavy atom. The van der Waals surface area contributed by atoms with Gasteiger partial charge in [-0.15, -0.1) is 0 Å². The molecule has 1 aliphatic carbocycles. The standard InChI is InChI=1S/C55H48N2/c1-37-7-21-45(22-8-37)56(46-23-9-38(2)10-24-46)49-29-15-41(16-30-49)43-19-33-51-52-34-20-44(36-54(52)55(5,6)53(51)35-43)42-17-31-50(32-18-42)57(47-25-11-39(3)12-26-47)48-27-13-40(4)14-28-48/h7-36H,1-6H3. The summed E-state index contributed by atoms with van der Waals surface area (Å²) in [6.07, 6.45) is 0. The van der Waals surface area contributed by atoms with Crippen LogP contribution in [0.4, 0.5) is 34.1 Å². The van der Waals surface area contributed by atoms with Gasteiger partial charge in [0.25, 0.3) is 0 Å². The minimum atomic E-state index is -0.141. The molecule has 2 nitrogen and oxygen atoms in total. The molecule has 0 atom stereocenters. The topological polar surface area (TPSA) is 6.48 Å². The van der Waals surface area contributed by atoms with Crippen molar-refractivity contribution < 1.29 is 0 Å². The van der Waals surface area contributed by atoms with Gasteiger partial charge in [0.2, 0.25) is 0 Å². The average Bonchev–Trinajstić information content (AvgIpc) is 3.46. The Labute approximate surface area is 338 Å². The highest BCUT2D eigenvalue weighted by Crippen LogP contribution is 2.51. The van der Waals surface area contributed by atoms with Gasteiger partial charge in [-0.3, -0.25) is 0 Å². The monoisotopic (exact) mass is 736 g/mol. The lowest BCUT2D eigenvalue weighted by atomic mass is 9.81. The van der Waals surface area contributed by atoms with E-state index >= 15 is 0 Å². The lowest BCUT2D eigenvalue weighted by molar-refractivity contribution is 0.661. The predicted octanol–water partition coefficient (Wildman–Crippen LogP) is 15.5. The summed E-state index contributed by atoms with van der Waals surface area (Å²) in [5.41, 5.74) is 22.1. The molecular formula is C55H48N2. The quantitative estimate of drug-likeness (QED) is 0.153. The molecule has 0 bridgehead atoms. The Morgan fingerprint density at radius 2 is 0.509 bits per heavy atom. The van der Waals surface area contributed by atoms with E-state index in [4.69, 9.17) is 0 Å². The van der Waals surface area contributed by atoms with E-state index in [0.29, 0.717) is 0 Å². The molecule has 8 aromatic rings. The van der Waals surface area contributed by atoms with E-state index in [0.717, 1.165) is 34.1 Å². The van der Waals surface area contributed by atoms with E-state index in [-0.39, 0.29) is 5.41 Å². The summed E-state index contributed by atoms with van der Waals surface area (Å²) in [6.45, 7) is 13.3. The normalized spacial score (nSPS) is 12.5. The molecular weight excluding hydrogens is 689 g/mol. The molecule has 0 N–H and O–H groups in total. The van der Waals surface area contributed by atoms with Crippen molar-refractivity contribution in [2.24, 2.45) is 0 Å². The minimum absolute atomic E-state index is 0.141. The fourth-order valence-electron chi connectivity index (χ4n) is 8.37. The van der Waals surface area contributed by atoms with Crippen molar-refractivity contribution in [2.45, 2.75) is 47.0 Å². The van der Waals surface area contributed by atoms with Crippen LogP contribution in [-0.4, -0.2) is 0 Å². The maximum absolute atomic E-state index is 2.42. The molecule has 0 fully saturated rings. The Hall–Kier alpha value is -6.64. The second-order valence-electron chi connectivity index (χ2n) is 16.3. The fourth-order valence-corrected chi connectivity index (χ4v) is 8.37. The van der Waals surface area contributed by atoms with Crippen LogP contribution in [0.2, 0.25) is 0 Å². The molecule has 0 amide bonds. The van der Waals surface area contributed by atoms with Crippen LogP contribution in [-0.2, 0) is 5.41 Å². The molecule has 278 valence electrons. The van der Waals surface area contributed by atoms with Crippen molar-refractivity contribution in [3.8, 4) is 33.4 Å². The number of hydrogen-bond acceptors (Lipinski definition) is 2. The minimum Gasteiger partial charge on any atom is -0.311 e. The third-order valence-corrected chi connectivity index (χ3v) is 11.8. The Kier molecular flexibility index (Phi) is 9.14. The highest BCUT2D eigenvalue weighted by atomic mass is 15.1. The van der Waals surface area contributed by atoms with Crippen LogP contribution in [0.15, 0.2) is 182 Å². The van der Waals surface area contributed by atoms with Gasteiger partial charge >= 0.3 is 0 Å². The van der Waals surface area contributed by atoms with Gasteiger partial charge in [0.05, 0.1) is 0 Å². The van der Waals surface area contributed by atoms with E-state index in [1.165, 1.54) is 66.8 Å². The summed E-state index contributed by atoms with van der Waals surface area (Å²) in [4.78, 5) is 4.67. The number of benzene rings is 8. The smallest absolute Gasteiger partial charge is 0.0462 e. The van der Waals surface area contributed by atoms with Gasteiger partial charge in [0.15, 0.2) is 0 Å². The zero-order valence-corrected chi connectivity index (χ0v) is 33.7. The first kappa shape index (κ1) is 36.0. The molecule has 0 spiro atoms. The summed E-state index contributed by atoms with van der Waals surface area (Å²) in [7, 11) is 0. The van der Waals surface area contributed by atoms with Crippen LogP contribution in [0.25, 0.3) is 33.4 Å². The molecule has 0 saturated carbocycles. The van der Waals surface area contributed by atoms with Gasteiger partial charge in [-0.1, -0.05) is 133 Å². The van der Waals surface area contributed by atoms with Crippen LogP contribution in [0.1, 0.15) is 47.2 Å². The lowest BCUT2D eigenvalue weighted by Crippen LogP contribution is -2.15. The van der Waals surface area contributed by atoms with Crippen molar-refractivity contribution in [1.29, 1.82) is 0 Å². The number of anilines is 6. The van der Waals surface area contributed by atoms with Gasteiger partial charge < -0.3 is 9.80 Å². The van der Waals surface area contributed by atoms with E-state index < -0.39 is 0 Å². The zero-order chi connectivity index (χ0) is 39.3. The van der Waals surface area contributed by atoms with E-state index in [1.54, 1.807) is 0 Å². The third kappa shape index (κ3) is 6.83. The number of rotatable bonds is 8. The maximum Gasteiger partial charge on any atom is 0.0462 e.